The van der Waals surface area contributed by atoms with Crippen molar-refractivity contribution in [1.82, 2.24) is 10.4 Å². The van der Waals surface area contributed by atoms with E-state index in [4.69, 9.17) is 16.6 Å². The molecule has 1 aromatic heterocycles. The van der Waals surface area contributed by atoms with Crippen molar-refractivity contribution in [3.05, 3.63) is 29.1 Å². The summed E-state index contributed by atoms with van der Waals surface area (Å²) in [5.41, 5.74) is 2.90. The van der Waals surface area contributed by atoms with Crippen LogP contribution in [0.15, 0.2) is 27.7 Å². The summed E-state index contributed by atoms with van der Waals surface area (Å²) in [6.07, 6.45) is 3.26. The molecule has 0 radical (unpaired) electrons. The number of thioether (sulfide) groups is 1. The Hall–Kier alpha value is -1.11. The number of carbonyl (C=O) groups excluding carboxylic acids is 1. The van der Waals surface area contributed by atoms with Crippen molar-refractivity contribution in [2.75, 3.05) is 6.54 Å². The monoisotopic (exact) mass is 254 g/mol. The van der Waals surface area contributed by atoms with Crippen molar-refractivity contribution in [1.29, 1.82) is 0 Å². The van der Waals surface area contributed by atoms with Crippen molar-refractivity contribution in [2.45, 2.75) is 6.92 Å². The highest BCUT2D eigenvalue weighted by molar-refractivity contribution is 8.26. The standard InChI is InChI=1S/C10H10N2O2S2/c1-2-11-12-9(13)8(16-10(12)15)6-7-4-3-5-14-7/h3-6,11H,2H2,1H3/b8-6+. The molecule has 0 saturated carbocycles. The van der Waals surface area contributed by atoms with Gasteiger partial charge in [0.1, 0.15) is 5.76 Å². The van der Waals surface area contributed by atoms with E-state index in [1.165, 1.54) is 16.8 Å². The first-order valence-corrected chi connectivity index (χ1v) is 6.00. The Morgan fingerprint density at radius 2 is 2.50 bits per heavy atom. The number of hydrogen-bond donors (Lipinski definition) is 1. The van der Waals surface area contributed by atoms with Gasteiger partial charge in [0.05, 0.1) is 11.2 Å². The average molecular weight is 254 g/mol. The van der Waals surface area contributed by atoms with Gasteiger partial charge >= 0.3 is 0 Å². The summed E-state index contributed by atoms with van der Waals surface area (Å²) in [4.78, 5) is 12.4. The number of amides is 1. The molecule has 1 saturated heterocycles. The minimum atomic E-state index is -0.131. The molecule has 0 atom stereocenters. The maximum Gasteiger partial charge on any atom is 0.280 e. The predicted molar refractivity (Wildman–Crippen MR) is 67.4 cm³/mol. The molecule has 1 amide bonds. The second-order valence-corrected chi connectivity index (χ2v) is 4.72. The van der Waals surface area contributed by atoms with Crippen molar-refractivity contribution in [3.63, 3.8) is 0 Å². The molecule has 1 fully saturated rings. The minimum Gasteiger partial charge on any atom is -0.465 e. The molecule has 16 heavy (non-hydrogen) atoms. The molecule has 0 aromatic carbocycles. The first-order valence-electron chi connectivity index (χ1n) is 4.77. The van der Waals surface area contributed by atoms with Crippen LogP contribution in [-0.2, 0) is 4.79 Å². The third kappa shape index (κ3) is 2.18. The third-order valence-corrected chi connectivity index (χ3v) is 3.23. The van der Waals surface area contributed by atoms with Crippen LogP contribution >= 0.6 is 24.0 Å². The SMILES string of the molecule is CCNN1C(=O)/C(=C\c2ccco2)SC1=S. The van der Waals surface area contributed by atoms with Gasteiger partial charge in [-0.25, -0.2) is 10.4 Å². The molecule has 1 aromatic rings. The number of furan rings is 1. The van der Waals surface area contributed by atoms with Crippen LogP contribution in [-0.4, -0.2) is 21.8 Å². The summed E-state index contributed by atoms with van der Waals surface area (Å²) in [5.74, 6) is 0.519. The van der Waals surface area contributed by atoms with Crippen molar-refractivity contribution in [3.8, 4) is 0 Å². The lowest BCUT2D eigenvalue weighted by molar-refractivity contribution is -0.124. The highest BCUT2D eigenvalue weighted by atomic mass is 32.2. The van der Waals surface area contributed by atoms with Crippen molar-refractivity contribution >= 4 is 40.3 Å². The summed E-state index contributed by atoms with van der Waals surface area (Å²) in [7, 11) is 0. The molecule has 6 heteroatoms. The summed E-state index contributed by atoms with van der Waals surface area (Å²) in [5, 5.41) is 1.38. The van der Waals surface area contributed by atoms with Crippen molar-refractivity contribution < 1.29 is 9.21 Å². The Kier molecular flexibility index (Phi) is 3.42. The van der Waals surface area contributed by atoms with Gasteiger partial charge in [0, 0.05) is 12.6 Å². The van der Waals surface area contributed by atoms with Crippen LogP contribution in [0.1, 0.15) is 12.7 Å². The second-order valence-electron chi connectivity index (χ2n) is 3.04. The van der Waals surface area contributed by atoms with Crippen LogP contribution in [0.4, 0.5) is 0 Å². The predicted octanol–water partition coefficient (Wildman–Crippen LogP) is 2.01. The molecule has 0 aliphatic carbocycles. The third-order valence-electron chi connectivity index (χ3n) is 1.93. The zero-order valence-electron chi connectivity index (χ0n) is 8.60. The zero-order chi connectivity index (χ0) is 11.5. The molecule has 4 nitrogen and oxygen atoms in total. The Balaban J connectivity index is 2.20. The van der Waals surface area contributed by atoms with Gasteiger partial charge in [0.15, 0.2) is 4.32 Å². The summed E-state index contributed by atoms with van der Waals surface area (Å²) >= 11 is 6.36. The van der Waals surface area contributed by atoms with Crippen LogP contribution in [0.3, 0.4) is 0 Å². The Bertz CT molecular complexity index is 440. The van der Waals surface area contributed by atoms with Crippen LogP contribution in [0.25, 0.3) is 6.08 Å². The van der Waals surface area contributed by atoms with E-state index in [9.17, 15) is 4.79 Å². The second kappa shape index (κ2) is 4.82. The fourth-order valence-electron chi connectivity index (χ4n) is 1.26. The Labute approximate surface area is 103 Å². The van der Waals surface area contributed by atoms with Gasteiger partial charge in [0.25, 0.3) is 5.91 Å². The maximum atomic E-state index is 11.9. The molecule has 0 bridgehead atoms. The summed E-state index contributed by atoms with van der Waals surface area (Å²) in [6, 6.07) is 3.57. The number of carbonyl (C=O) groups is 1. The molecular formula is C10H10N2O2S2. The van der Waals surface area contributed by atoms with Gasteiger partial charge < -0.3 is 4.42 Å². The lowest BCUT2D eigenvalue weighted by Gasteiger charge is -2.13. The number of nitrogens with zero attached hydrogens (tertiary/aromatic N) is 1. The molecule has 1 aliphatic heterocycles. The fourth-order valence-corrected chi connectivity index (χ4v) is 2.46. The van der Waals surface area contributed by atoms with E-state index in [0.29, 0.717) is 21.5 Å². The topological polar surface area (TPSA) is 45.5 Å². The molecule has 0 unspecified atom stereocenters. The Morgan fingerprint density at radius 3 is 3.12 bits per heavy atom. The maximum absolute atomic E-state index is 11.9. The smallest absolute Gasteiger partial charge is 0.280 e. The highest BCUT2D eigenvalue weighted by Gasteiger charge is 2.31. The van der Waals surface area contributed by atoms with E-state index in [1.54, 1.807) is 24.5 Å². The van der Waals surface area contributed by atoms with Gasteiger partial charge in [-0.3, -0.25) is 4.79 Å². The largest absolute Gasteiger partial charge is 0.465 e. The van der Waals surface area contributed by atoms with Gasteiger partial charge in [0.2, 0.25) is 0 Å². The summed E-state index contributed by atoms with van der Waals surface area (Å²) < 4.78 is 5.67. The van der Waals surface area contributed by atoms with E-state index in [1.807, 2.05) is 6.92 Å². The van der Waals surface area contributed by atoms with E-state index in [2.05, 4.69) is 5.43 Å². The van der Waals surface area contributed by atoms with E-state index in [0.717, 1.165) is 0 Å². The lowest BCUT2D eigenvalue weighted by atomic mass is 10.4. The number of hydrazine groups is 1. The van der Waals surface area contributed by atoms with E-state index in [-0.39, 0.29) is 5.91 Å². The highest BCUT2D eigenvalue weighted by Crippen LogP contribution is 2.31. The minimum absolute atomic E-state index is 0.131. The molecular weight excluding hydrogens is 244 g/mol. The molecule has 2 heterocycles. The fraction of sp³-hybridized carbons (Fsp3) is 0.200. The molecule has 1 aliphatic rings. The van der Waals surface area contributed by atoms with Crippen LogP contribution in [0.5, 0.6) is 0 Å². The number of nitrogens with one attached hydrogen (secondary N) is 1. The van der Waals surface area contributed by atoms with Gasteiger partial charge in [-0.1, -0.05) is 30.9 Å². The molecule has 1 N–H and O–H groups in total. The van der Waals surface area contributed by atoms with Gasteiger partial charge in [-0.2, -0.15) is 0 Å². The first-order chi connectivity index (χ1) is 7.72. The Morgan fingerprint density at radius 1 is 1.69 bits per heavy atom. The number of rotatable bonds is 3. The first kappa shape index (κ1) is 11.4. The van der Waals surface area contributed by atoms with Gasteiger partial charge in [-0.05, 0) is 12.1 Å². The number of hydrogen-bond acceptors (Lipinski definition) is 5. The van der Waals surface area contributed by atoms with Gasteiger partial charge in [-0.15, -0.1) is 0 Å². The average Bonchev–Trinajstić information content (AvgIpc) is 2.84. The van der Waals surface area contributed by atoms with Crippen molar-refractivity contribution in [2.24, 2.45) is 0 Å². The van der Waals surface area contributed by atoms with Crippen LogP contribution in [0.2, 0.25) is 0 Å². The summed E-state index contributed by atoms with van der Waals surface area (Å²) in [6.45, 7) is 2.56. The van der Waals surface area contributed by atoms with E-state index >= 15 is 0 Å². The van der Waals surface area contributed by atoms with E-state index < -0.39 is 0 Å². The zero-order valence-corrected chi connectivity index (χ0v) is 10.2. The van der Waals surface area contributed by atoms with Crippen LogP contribution < -0.4 is 5.43 Å². The molecule has 0 spiro atoms. The van der Waals surface area contributed by atoms with Crippen LogP contribution in [0, 0.1) is 0 Å². The molecule has 84 valence electrons. The lowest BCUT2D eigenvalue weighted by Crippen LogP contribution is -2.40. The normalized spacial score (nSPS) is 18.8. The number of thiocarbonyl (C=S) groups is 1. The molecule has 2 rings (SSSR count). The quantitative estimate of drug-likeness (QED) is 0.660.